The summed E-state index contributed by atoms with van der Waals surface area (Å²) in [6.45, 7) is 0.314. The number of allylic oxidation sites excluding steroid dienone is 3. The largest absolute Gasteiger partial charge is 0.439 e. The van der Waals surface area contributed by atoms with E-state index in [2.05, 4.69) is 35.9 Å². The third-order valence-electron chi connectivity index (χ3n) is 5.83. The first-order chi connectivity index (χ1) is 16.7. The maximum Gasteiger partial charge on any atom is 0.439 e. The van der Waals surface area contributed by atoms with Crippen LogP contribution in [0.15, 0.2) is 73.3 Å². The molecule has 2 N–H and O–H groups in total. The van der Waals surface area contributed by atoms with Crippen molar-refractivity contribution < 1.29 is 17.7 Å². The maximum absolute atomic E-state index is 13.4. The van der Waals surface area contributed by atoms with Gasteiger partial charge in [-0.05, 0) is 54.5 Å². The average Bonchev–Trinajstić information content (AvgIpc) is 3.46. The van der Waals surface area contributed by atoms with Crippen molar-refractivity contribution in [2.24, 2.45) is 5.92 Å². The van der Waals surface area contributed by atoms with Crippen LogP contribution in [0.2, 0.25) is 5.02 Å². The molecule has 1 aliphatic heterocycles. The molecule has 2 heterocycles. The molecule has 3 aromatic rings. The van der Waals surface area contributed by atoms with Crippen molar-refractivity contribution in [2.45, 2.75) is 12.8 Å². The zero-order valence-corrected chi connectivity index (χ0v) is 21.2. The van der Waals surface area contributed by atoms with Gasteiger partial charge in [-0.2, -0.15) is 0 Å². The number of anilines is 2. The van der Waals surface area contributed by atoms with Gasteiger partial charge in [-0.25, -0.2) is 13.2 Å². The summed E-state index contributed by atoms with van der Waals surface area (Å²) in [5.41, 5.74) is 2.30. The van der Waals surface area contributed by atoms with Crippen LogP contribution in [0.5, 0.6) is 0 Å². The Hall–Kier alpha value is -3.15. The lowest BCUT2D eigenvalue weighted by Gasteiger charge is -2.24. The molecular weight excluding hydrogens is 560 g/mol. The molecule has 2 aliphatic rings. The SMILES string of the molecule is O=C(Nc1ccc(Br)cc1-c1noc(=O)[nH]1)C1C=CC=C(S(=O)(=O)N2CCc3cc(Cl)ccc32)C1. The molecule has 0 radical (unpaired) electrons. The van der Waals surface area contributed by atoms with E-state index >= 15 is 0 Å². The van der Waals surface area contributed by atoms with Gasteiger partial charge in [-0.1, -0.05) is 44.8 Å². The van der Waals surface area contributed by atoms with Gasteiger partial charge in [-0.15, -0.1) is 0 Å². The standard InChI is InChI=1S/C23H18BrClN4O5S/c24-15-4-6-19(18(12-15)21-27-23(31)34-28-21)26-22(30)14-2-1-3-17(11-14)35(32,33)29-9-8-13-10-16(25)5-7-20(13)29/h1-7,10,12,14H,8-9,11H2,(H,26,30)(H,27,28,31). The van der Waals surface area contributed by atoms with Crippen molar-refractivity contribution in [1.82, 2.24) is 10.1 Å². The molecule has 180 valence electrons. The molecule has 0 fully saturated rings. The number of hydrogen-bond acceptors (Lipinski definition) is 6. The van der Waals surface area contributed by atoms with Gasteiger partial charge in [0.05, 0.1) is 22.2 Å². The van der Waals surface area contributed by atoms with Crippen molar-refractivity contribution in [3.63, 3.8) is 0 Å². The predicted octanol–water partition coefficient (Wildman–Crippen LogP) is 4.24. The van der Waals surface area contributed by atoms with Crippen LogP contribution < -0.4 is 15.4 Å². The molecule has 1 amide bonds. The fourth-order valence-electron chi connectivity index (χ4n) is 4.15. The van der Waals surface area contributed by atoms with E-state index in [1.807, 2.05) is 0 Å². The number of amides is 1. The minimum Gasteiger partial charge on any atom is -0.325 e. The Balaban J connectivity index is 1.36. The van der Waals surface area contributed by atoms with Crippen LogP contribution in [0.25, 0.3) is 11.4 Å². The fraction of sp³-hybridized carbons (Fsp3) is 0.174. The smallest absolute Gasteiger partial charge is 0.325 e. The van der Waals surface area contributed by atoms with Crippen LogP contribution in [0.3, 0.4) is 0 Å². The lowest BCUT2D eigenvalue weighted by atomic mass is 9.99. The summed E-state index contributed by atoms with van der Waals surface area (Å²) in [7, 11) is -3.83. The average molecular weight is 578 g/mol. The second-order valence-electron chi connectivity index (χ2n) is 8.05. The highest BCUT2D eigenvalue weighted by atomic mass is 79.9. The van der Waals surface area contributed by atoms with Crippen LogP contribution in [0, 0.1) is 5.92 Å². The molecule has 0 saturated carbocycles. The Morgan fingerprint density at radius 2 is 2.09 bits per heavy atom. The van der Waals surface area contributed by atoms with Gasteiger partial charge < -0.3 is 5.32 Å². The van der Waals surface area contributed by atoms with Crippen molar-refractivity contribution in [2.75, 3.05) is 16.2 Å². The number of nitrogens with one attached hydrogen (secondary N) is 2. The first-order valence-corrected chi connectivity index (χ1v) is 13.2. The number of H-pyrrole nitrogens is 1. The quantitative estimate of drug-likeness (QED) is 0.467. The van der Waals surface area contributed by atoms with Crippen LogP contribution in [-0.4, -0.2) is 31.0 Å². The summed E-state index contributed by atoms with van der Waals surface area (Å²) < 4.78 is 33.5. The van der Waals surface area contributed by atoms with E-state index in [1.165, 1.54) is 10.4 Å². The molecule has 1 atom stereocenters. The van der Waals surface area contributed by atoms with Gasteiger partial charge in [0, 0.05) is 28.0 Å². The highest BCUT2D eigenvalue weighted by Gasteiger charge is 2.35. The number of sulfonamides is 1. The number of fused-ring (bicyclic) bond motifs is 1. The number of hydrogen-bond donors (Lipinski definition) is 2. The van der Waals surface area contributed by atoms with E-state index < -0.39 is 27.6 Å². The van der Waals surface area contributed by atoms with E-state index in [0.29, 0.717) is 39.4 Å². The third kappa shape index (κ3) is 4.58. The highest BCUT2D eigenvalue weighted by Crippen LogP contribution is 2.37. The first-order valence-electron chi connectivity index (χ1n) is 10.6. The van der Waals surface area contributed by atoms with Gasteiger partial charge in [-0.3, -0.25) is 18.6 Å². The zero-order chi connectivity index (χ0) is 24.7. The van der Waals surface area contributed by atoms with Crippen molar-refractivity contribution in [3.8, 4) is 11.4 Å². The lowest BCUT2D eigenvalue weighted by molar-refractivity contribution is -0.118. The molecule has 0 bridgehead atoms. The summed E-state index contributed by atoms with van der Waals surface area (Å²) in [6.07, 6.45) is 5.34. The van der Waals surface area contributed by atoms with E-state index in [1.54, 1.807) is 48.6 Å². The molecule has 1 aromatic heterocycles. The minimum absolute atomic E-state index is 0.0107. The van der Waals surface area contributed by atoms with E-state index in [9.17, 15) is 18.0 Å². The predicted molar refractivity (Wildman–Crippen MR) is 136 cm³/mol. The Morgan fingerprint density at radius 3 is 2.86 bits per heavy atom. The van der Waals surface area contributed by atoms with Crippen LogP contribution in [0.4, 0.5) is 11.4 Å². The molecule has 1 aliphatic carbocycles. The molecule has 12 heteroatoms. The fourth-order valence-corrected chi connectivity index (χ4v) is 6.39. The summed E-state index contributed by atoms with van der Waals surface area (Å²) in [6, 6.07) is 10.2. The number of rotatable bonds is 5. The molecule has 2 aromatic carbocycles. The summed E-state index contributed by atoms with van der Waals surface area (Å²) in [4.78, 5) is 27.1. The molecular formula is C23H18BrClN4O5S. The Labute approximate surface area is 213 Å². The Kier molecular flexibility index (Phi) is 6.16. The minimum atomic E-state index is -3.83. The normalized spacial score (nSPS) is 17.3. The first kappa shape index (κ1) is 23.6. The summed E-state index contributed by atoms with van der Waals surface area (Å²) >= 11 is 9.41. The number of aromatic amines is 1. The Morgan fingerprint density at radius 1 is 1.26 bits per heavy atom. The molecule has 1 unspecified atom stereocenters. The molecule has 9 nitrogen and oxygen atoms in total. The van der Waals surface area contributed by atoms with Crippen LogP contribution in [0.1, 0.15) is 12.0 Å². The number of benzene rings is 2. The second-order valence-corrected chi connectivity index (χ2v) is 11.3. The van der Waals surface area contributed by atoms with Gasteiger partial charge in [0.2, 0.25) is 5.91 Å². The molecule has 0 spiro atoms. The van der Waals surface area contributed by atoms with Crippen LogP contribution in [-0.2, 0) is 21.2 Å². The zero-order valence-electron chi connectivity index (χ0n) is 18.0. The third-order valence-corrected chi connectivity index (χ3v) is 8.49. The number of aromatic nitrogens is 2. The van der Waals surface area contributed by atoms with E-state index in [-0.39, 0.29) is 17.2 Å². The summed E-state index contributed by atoms with van der Waals surface area (Å²) in [5.74, 6) is -1.69. The van der Waals surface area contributed by atoms with Crippen molar-refractivity contribution in [3.05, 3.63) is 85.1 Å². The Bertz CT molecular complexity index is 1560. The van der Waals surface area contributed by atoms with Crippen molar-refractivity contribution >= 4 is 54.8 Å². The number of carbonyl (C=O) groups is 1. The maximum atomic E-state index is 13.4. The van der Waals surface area contributed by atoms with Crippen molar-refractivity contribution in [1.29, 1.82) is 0 Å². The molecule has 35 heavy (non-hydrogen) atoms. The topological polar surface area (TPSA) is 125 Å². The summed E-state index contributed by atoms with van der Waals surface area (Å²) in [5, 5.41) is 7.06. The van der Waals surface area contributed by atoms with E-state index in [0.717, 1.165) is 5.56 Å². The number of halogens is 2. The second kappa shape index (κ2) is 9.14. The van der Waals surface area contributed by atoms with E-state index in [4.69, 9.17) is 11.6 Å². The highest BCUT2D eigenvalue weighted by molar-refractivity contribution is 9.10. The molecule has 5 rings (SSSR count). The number of carbonyl (C=O) groups excluding carboxylic acids is 1. The van der Waals surface area contributed by atoms with Gasteiger partial charge in [0.15, 0.2) is 5.82 Å². The van der Waals surface area contributed by atoms with Gasteiger partial charge in [0.25, 0.3) is 10.0 Å². The van der Waals surface area contributed by atoms with Gasteiger partial charge in [0.1, 0.15) is 0 Å². The lowest BCUT2D eigenvalue weighted by Crippen LogP contribution is -2.33. The molecule has 0 saturated heterocycles. The monoisotopic (exact) mass is 576 g/mol. The van der Waals surface area contributed by atoms with Crippen LogP contribution >= 0.6 is 27.5 Å². The van der Waals surface area contributed by atoms with Gasteiger partial charge >= 0.3 is 5.76 Å². The number of nitrogens with zero attached hydrogens (tertiary/aromatic N) is 2.